The smallest absolute Gasteiger partial charge is 0.237 e. The number of carbonyl (C=O) groups excluding carboxylic acids is 1. The van der Waals surface area contributed by atoms with Crippen LogP contribution in [-0.4, -0.2) is 42.4 Å². The second-order valence-corrected chi connectivity index (χ2v) is 3.83. The molecule has 1 atom stereocenters. The number of amides is 1. The number of aliphatic hydroxyl groups excluding tert-OH is 1. The number of rotatable bonds is 3. The molecule has 5 nitrogen and oxygen atoms in total. The van der Waals surface area contributed by atoms with Crippen LogP contribution in [0.5, 0.6) is 0 Å². The first-order chi connectivity index (χ1) is 6.59. The molecule has 1 amide bonds. The minimum absolute atomic E-state index is 0.0607. The van der Waals surface area contributed by atoms with Crippen molar-refractivity contribution in [1.29, 1.82) is 0 Å². The number of hydrogen-bond donors (Lipinski definition) is 3. The Bertz CT molecular complexity index is 200. The number of aliphatic hydroxyl groups is 1. The molecule has 14 heavy (non-hydrogen) atoms. The Morgan fingerprint density at radius 2 is 2.21 bits per heavy atom. The number of hydrogen-bond acceptors (Lipinski definition) is 4. The lowest BCUT2D eigenvalue weighted by atomic mass is 9.90. The van der Waals surface area contributed by atoms with Crippen LogP contribution in [0.3, 0.4) is 0 Å². The fraction of sp³-hybridized carbons (Fsp3) is 0.889. The lowest BCUT2D eigenvalue weighted by Gasteiger charge is -2.36. The zero-order valence-corrected chi connectivity index (χ0v) is 8.45. The highest BCUT2D eigenvalue weighted by Gasteiger charge is 2.33. The van der Waals surface area contributed by atoms with Crippen molar-refractivity contribution in [2.45, 2.75) is 31.3 Å². The molecule has 0 aromatic heterocycles. The standard InChI is InChI=1S/C9H18N2O3/c1-7(10)8(13)11-9(6-12)2-4-14-5-3-9/h7,12H,2-6,10H2,1H3,(H,11,13). The summed E-state index contributed by atoms with van der Waals surface area (Å²) in [7, 11) is 0. The predicted octanol–water partition coefficient (Wildman–Crippen LogP) is -1.01. The molecule has 0 aliphatic carbocycles. The molecule has 1 aliphatic rings. The van der Waals surface area contributed by atoms with Crippen molar-refractivity contribution in [3.05, 3.63) is 0 Å². The van der Waals surface area contributed by atoms with E-state index in [1.807, 2.05) is 0 Å². The van der Waals surface area contributed by atoms with Crippen molar-refractivity contribution >= 4 is 5.91 Å². The summed E-state index contributed by atoms with van der Waals surface area (Å²) in [4.78, 5) is 11.4. The van der Waals surface area contributed by atoms with Crippen LogP contribution in [-0.2, 0) is 9.53 Å². The molecular weight excluding hydrogens is 184 g/mol. The second-order valence-electron chi connectivity index (χ2n) is 3.83. The minimum atomic E-state index is -0.540. The maximum Gasteiger partial charge on any atom is 0.237 e. The monoisotopic (exact) mass is 202 g/mol. The van der Waals surface area contributed by atoms with E-state index in [2.05, 4.69) is 5.32 Å². The first-order valence-corrected chi connectivity index (χ1v) is 4.86. The first kappa shape index (κ1) is 11.4. The molecule has 82 valence electrons. The van der Waals surface area contributed by atoms with E-state index in [1.165, 1.54) is 0 Å². The summed E-state index contributed by atoms with van der Waals surface area (Å²) in [5, 5.41) is 12.0. The summed E-state index contributed by atoms with van der Waals surface area (Å²) >= 11 is 0. The second kappa shape index (κ2) is 4.72. The summed E-state index contributed by atoms with van der Waals surface area (Å²) in [5.41, 5.74) is 4.92. The highest BCUT2D eigenvalue weighted by molar-refractivity contribution is 5.81. The van der Waals surface area contributed by atoms with E-state index < -0.39 is 11.6 Å². The largest absolute Gasteiger partial charge is 0.394 e. The van der Waals surface area contributed by atoms with Crippen LogP contribution >= 0.6 is 0 Å². The van der Waals surface area contributed by atoms with Gasteiger partial charge in [-0.15, -0.1) is 0 Å². The zero-order chi connectivity index (χ0) is 10.6. The van der Waals surface area contributed by atoms with Crippen molar-refractivity contribution in [2.75, 3.05) is 19.8 Å². The van der Waals surface area contributed by atoms with Crippen LogP contribution in [0.1, 0.15) is 19.8 Å². The summed E-state index contributed by atoms with van der Waals surface area (Å²) in [6.07, 6.45) is 1.28. The molecule has 0 bridgehead atoms. The van der Waals surface area contributed by atoms with Crippen LogP contribution in [0.4, 0.5) is 0 Å². The molecule has 0 radical (unpaired) electrons. The number of ether oxygens (including phenoxy) is 1. The molecule has 1 unspecified atom stereocenters. The number of nitrogens with two attached hydrogens (primary N) is 1. The fourth-order valence-electron chi connectivity index (χ4n) is 1.46. The molecule has 1 saturated heterocycles. The third-order valence-corrected chi connectivity index (χ3v) is 2.55. The van der Waals surface area contributed by atoms with Gasteiger partial charge < -0.3 is 20.9 Å². The van der Waals surface area contributed by atoms with Gasteiger partial charge in [0.15, 0.2) is 0 Å². The van der Waals surface area contributed by atoms with E-state index in [0.29, 0.717) is 26.1 Å². The molecule has 1 fully saturated rings. The van der Waals surface area contributed by atoms with Gasteiger partial charge in [0.1, 0.15) is 0 Å². The average Bonchev–Trinajstić information content (AvgIpc) is 2.19. The first-order valence-electron chi connectivity index (χ1n) is 4.86. The quantitative estimate of drug-likeness (QED) is 0.547. The molecule has 0 saturated carbocycles. The Balaban J connectivity index is 2.56. The Morgan fingerprint density at radius 3 is 2.64 bits per heavy atom. The fourth-order valence-corrected chi connectivity index (χ4v) is 1.46. The van der Waals surface area contributed by atoms with E-state index in [1.54, 1.807) is 6.92 Å². The van der Waals surface area contributed by atoms with Gasteiger partial charge in [-0.1, -0.05) is 0 Å². The lowest BCUT2D eigenvalue weighted by molar-refractivity contribution is -0.126. The van der Waals surface area contributed by atoms with E-state index in [9.17, 15) is 9.90 Å². The molecule has 0 spiro atoms. The van der Waals surface area contributed by atoms with E-state index in [4.69, 9.17) is 10.5 Å². The normalized spacial score (nSPS) is 22.8. The summed E-state index contributed by atoms with van der Waals surface area (Å²) in [6.45, 7) is 2.70. The van der Waals surface area contributed by atoms with E-state index >= 15 is 0 Å². The van der Waals surface area contributed by atoms with Gasteiger partial charge >= 0.3 is 0 Å². The van der Waals surface area contributed by atoms with Gasteiger partial charge in [-0.3, -0.25) is 4.79 Å². The Hall–Kier alpha value is -0.650. The van der Waals surface area contributed by atoms with Gasteiger partial charge in [0.25, 0.3) is 0 Å². The van der Waals surface area contributed by atoms with Gasteiger partial charge in [0, 0.05) is 13.2 Å². The highest BCUT2D eigenvalue weighted by Crippen LogP contribution is 2.19. The van der Waals surface area contributed by atoms with Gasteiger partial charge in [0.2, 0.25) is 5.91 Å². The molecule has 0 aromatic rings. The summed E-state index contributed by atoms with van der Waals surface area (Å²) in [6, 6.07) is -0.540. The molecule has 1 aliphatic heterocycles. The Morgan fingerprint density at radius 1 is 1.64 bits per heavy atom. The Kier molecular flexibility index (Phi) is 3.86. The van der Waals surface area contributed by atoms with Crippen molar-refractivity contribution in [3.63, 3.8) is 0 Å². The molecule has 1 rings (SSSR count). The van der Waals surface area contributed by atoms with Gasteiger partial charge in [-0.05, 0) is 19.8 Å². The number of carbonyl (C=O) groups is 1. The van der Waals surface area contributed by atoms with Crippen LogP contribution in [0.2, 0.25) is 0 Å². The maximum absolute atomic E-state index is 11.4. The molecule has 5 heteroatoms. The van der Waals surface area contributed by atoms with Crippen LogP contribution in [0.25, 0.3) is 0 Å². The highest BCUT2D eigenvalue weighted by atomic mass is 16.5. The van der Waals surface area contributed by atoms with Crippen molar-refractivity contribution in [2.24, 2.45) is 5.73 Å². The van der Waals surface area contributed by atoms with Gasteiger partial charge in [0.05, 0.1) is 18.2 Å². The van der Waals surface area contributed by atoms with Crippen LogP contribution in [0.15, 0.2) is 0 Å². The molecule has 4 N–H and O–H groups in total. The van der Waals surface area contributed by atoms with Crippen LogP contribution < -0.4 is 11.1 Å². The van der Waals surface area contributed by atoms with Gasteiger partial charge in [-0.2, -0.15) is 0 Å². The predicted molar refractivity (Wildman–Crippen MR) is 51.7 cm³/mol. The maximum atomic E-state index is 11.4. The summed E-state index contributed by atoms with van der Waals surface area (Å²) < 4.78 is 5.17. The lowest BCUT2D eigenvalue weighted by Crippen LogP contribution is -2.57. The Labute approximate surface area is 83.6 Å². The van der Waals surface area contributed by atoms with Gasteiger partial charge in [-0.25, -0.2) is 0 Å². The average molecular weight is 202 g/mol. The van der Waals surface area contributed by atoms with Crippen molar-refractivity contribution < 1.29 is 14.6 Å². The molecule has 0 aromatic carbocycles. The topological polar surface area (TPSA) is 84.6 Å². The van der Waals surface area contributed by atoms with E-state index in [-0.39, 0.29) is 12.5 Å². The number of nitrogens with one attached hydrogen (secondary N) is 1. The minimum Gasteiger partial charge on any atom is -0.394 e. The third kappa shape index (κ3) is 2.67. The zero-order valence-electron chi connectivity index (χ0n) is 8.45. The van der Waals surface area contributed by atoms with Crippen molar-refractivity contribution in [1.82, 2.24) is 5.32 Å². The molecular formula is C9H18N2O3. The molecule has 1 heterocycles. The van der Waals surface area contributed by atoms with Crippen LogP contribution in [0, 0.1) is 0 Å². The van der Waals surface area contributed by atoms with E-state index in [0.717, 1.165) is 0 Å². The summed E-state index contributed by atoms with van der Waals surface area (Å²) in [5.74, 6) is -0.221. The third-order valence-electron chi connectivity index (χ3n) is 2.55. The SMILES string of the molecule is CC(N)C(=O)NC1(CO)CCOCC1. The van der Waals surface area contributed by atoms with Crippen molar-refractivity contribution in [3.8, 4) is 0 Å².